The van der Waals surface area contributed by atoms with Crippen molar-refractivity contribution in [3.05, 3.63) is 36.5 Å². The first kappa shape index (κ1) is 12.9. The van der Waals surface area contributed by atoms with Gasteiger partial charge in [-0.1, -0.05) is 56.6 Å². The van der Waals surface area contributed by atoms with Crippen LogP contribution in [0.2, 0.25) is 0 Å². The lowest BCUT2D eigenvalue weighted by atomic mass is 10.1. The molecule has 0 aliphatic carbocycles. The van der Waals surface area contributed by atoms with Gasteiger partial charge < -0.3 is 0 Å². The van der Waals surface area contributed by atoms with Crippen LogP contribution in [0.5, 0.6) is 0 Å². The van der Waals surface area contributed by atoms with Crippen molar-refractivity contribution in [2.24, 2.45) is 0 Å². The summed E-state index contributed by atoms with van der Waals surface area (Å²) in [5, 5.41) is 0. The van der Waals surface area contributed by atoms with E-state index in [0.717, 1.165) is 12.7 Å². The van der Waals surface area contributed by atoms with Gasteiger partial charge >= 0.3 is 0 Å². The topological polar surface area (TPSA) is 17.1 Å². The molecule has 0 aromatic heterocycles. The monoisotopic (exact) mass is 192 g/mol. The molecule has 1 nitrogen and oxygen atoms in total. The predicted molar refractivity (Wildman–Crippen MR) is 62.2 cm³/mol. The molecule has 0 atom stereocenters. The Labute approximate surface area is 87.2 Å². The zero-order valence-electron chi connectivity index (χ0n) is 8.99. The summed E-state index contributed by atoms with van der Waals surface area (Å²) in [6.45, 7) is 2.22. The molecule has 0 fully saturated rings. The summed E-state index contributed by atoms with van der Waals surface area (Å²) in [6, 6.07) is 0. The van der Waals surface area contributed by atoms with Crippen LogP contribution in [0, 0.1) is 0 Å². The highest BCUT2D eigenvalue weighted by Crippen LogP contribution is 2.02. The fraction of sp³-hybridized carbons (Fsp3) is 0.462. The first-order valence-electron chi connectivity index (χ1n) is 5.35. The molecule has 0 aliphatic rings. The van der Waals surface area contributed by atoms with Crippen LogP contribution in [0.25, 0.3) is 0 Å². The summed E-state index contributed by atoms with van der Waals surface area (Å²) in [7, 11) is 0. The number of carbonyl (C=O) groups is 1. The van der Waals surface area contributed by atoms with Crippen LogP contribution in [0.15, 0.2) is 36.5 Å². The standard InChI is InChI=1S/C13H20O/c1-2-3-4-5-6-7-8-9-10-11-12-13-14/h7-13H,2-6H2,1H3/b8-7-,10-9-,12-11-. The molecule has 0 aliphatic heterocycles. The third kappa shape index (κ3) is 10.9. The van der Waals surface area contributed by atoms with Gasteiger partial charge in [-0.2, -0.15) is 0 Å². The number of hydrogen-bond acceptors (Lipinski definition) is 1. The molecule has 1 heteroatoms. The average molecular weight is 192 g/mol. The number of unbranched alkanes of at least 4 members (excludes halogenated alkanes) is 4. The van der Waals surface area contributed by atoms with Crippen molar-refractivity contribution in [1.82, 2.24) is 0 Å². The van der Waals surface area contributed by atoms with Crippen LogP contribution >= 0.6 is 0 Å². The minimum absolute atomic E-state index is 0.777. The maximum atomic E-state index is 9.90. The largest absolute Gasteiger partial charge is 0.299 e. The summed E-state index contributed by atoms with van der Waals surface area (Å²) >= 11 is 0. The molecule has 0 heterocycles. The quantitative estimate of drug-likeness (QED) is 0.247. The van der Waals surface area contributed by atoms with E-state index in [1.54, 1.807) is 6.08 Å². The normalized spacial score (nSPS) is 12.1. The third-order valence-electron chi connectivity index (χ3n) is 1.88. The van der Waals surface area contributed by atoms with Crippen molar-refractivity contribution in [1.29, 1.82) is 0 Å². The predicted octanol–water partition coefficient (Wildman–Crippen LogP) is 3.82. The van der Waals surface area contributed by atoms with Crippen LogP contribution in [0.4, 0.5) is 0 Å². The van der Waals surface area contributed by atoms with Gasteiger partial charge in [-0.15, -0.1) is 0 Å². The molecule has 0 radical (unpaired) electrons. The Morgan fingerprint density at radius 2 is 1.57 bits per heavy atom. The van der Waals surface area contributed by atoms with Crippen LogP contribution in [0.3, 0.4) is 0 Å². The zero-order chi connectivity index (χ0) is 10.5. The van der Waals surface area contributed by atoms with E-state index in [-0.39, 0.29) is 0 Å². The fourth-order valence-corrected chi connectivity index (χ4v) is 1.10. The van der Waals surface area contributed by atoms with Crippen molar-refractivity contribution < 1.29 is 4.79 Å². The number of carbonyl (C=O) groups excluding carboxylic acids is 1. The van der Waals surface area contributed by atoms with Gasteiger partial charge in [-0.25, -0.2) is 0 Å². The van der Waals surface area contributed by atoms with Crippen LogP contribution < -0.4 is 0 Å². The molecule has 0 N–H and O–H groups in total. The Morgan fingerprint density at radius 3 is 2.29 bits per heavy atom. The SMILES string of the molecule is CCCCCC\C=C/C=C\C=C/C=O. The van der Waals surface area contributed by atoms with Gasteiger partial charge in [0.2, 0.25) is 0 Å². The number of allylic oxidation sites excluding steroid dienone is 6. The number of rotatable bonds is 8. The van der Waals surface area contributed by atoms with E-state index < -0.39 is 0 Å². The van der Waals surface area contributed by atoms with Crippen LogP contribution in [-0.4, -0.2) is 6.29 Å². The maximum absolute atomic E-state index is 9.90. The van der Waals surface area contributed by atoms with E-state index in [2.05, 4.69) is 13.0 Å². The van der Waals surface area contributed by atoms with Gasteiger partial charge in [0, 0.05) is 0 Å². The van der Waals surface area contributed by atoms with Crippen molar-refractivity contribution in [2.75, 3.05) is 0 Å². The first-order chi connectivity index (χ1) is 6.91. The molecule has 0 unspecified atom stereocenters. The summed E-state index contributed by atoms with van der Waals surface area (Å²) < 4.78 is 0. The minimum Gasteiger partial charge on any atom is -0.299 e. The molecule has 78 valence electrons. The van der Waals surface area contributed by atoms with E-state index in [1.807, 2.05) is 18.2 Å². The van der Waals surface area contributed by atoms with E-state index >= 15 is 0 Å². The highest BCUT2D eigenvalue weighted by Gasteiger charge is 1.82. The van der Waals surface area contributed by atoms with E-state index in [9.17, 15) is 4.79 Å². The number of hydrogen-bond donors (Lipinski definition) is 0. The molecule has 0 saturated carbocycles. The van der Waals surface area contributed by atoms with Crippen molar-refractivity contribution in [3.8, 4) is 0 Å². The second-order valence-corrected chi connectivity index (χ2v) is 3.18. The second-order valence-electron chi connectivity index (χ2n) is 3.18. The lowest BCUT2D eigenvalue weighted by Crippen LogP contribution is -1.72. The average Bonchev–Trinajstić information content (AvgIpc) is 2.21. The first-order valence-corrected chi connectivity index (χ1v) is 5.35. The smallest absolute Gasteiger partial charge is 0.142 e. The maximum Gasteiger partial charge on any atom is 0.142 e. The molecule has 0 spiro atoms. The third-order valence-corrected chi connectivity index (χ3v) is 1.88. The molecule has 0 rings (SSSR count). The van der Waals surface area contributed by atoms with Gasteiger partial charge in [0.15, 0.2) is 0 Å². The summed E-state index contributed by atoms with van der Waals surface area (Å²) in [6.07, 6.45) is 18.4. The van der Waals surface area contributed by atoms with Crippen molar-refractivity contribution in [2.45, 2.75) is 39.0 Å². The Kier molecular flexibility index (Phi) is 10.9. The van der Waals surface area contributed by atoms with Gasteiger partial charge in [0.05, 0.1) is 0 Å². The molecule has 0 saturated heterocycles. The van der Waals surface area contributed by atoms with Crippen molar-refractivity contribution in [3.63, 3.8) is 0 Å². The highest BCUT2D eigenvalue weighted by atomic mass is 16.1. The lowest BCUT2D eigenvalue weighted by molar-refractivity contribution is -0.104. The van der Waals surface area contributed by atoms with E-state index in [0.29, 0.717) is 0 Å². The minimum atomic E-state index is 0.777. The zero-order valence-corrected chi connectivity index (χ0v) is 8.99. The van der Waals surface area contributed by atoms with E-state index in [1.165, 1.54) is 31.8 Å². The molecule has 0 amide bonds. The molecule has 0 aromatic rings. The Hall–Kier alpha value is -1.11. The van der Waals surface area contributed by atoms with Gasteiger partial charge in [0.25, 0.3) is 0 Å². The molecule has 0 bridgehead atoms. The Morgan fingerprint density at radius 1 is 0.857 bits per heavy atom. The summed E-state index contributed by atoms with van der Waals surface area (Å²) in [5.41, 5.74) is 0. The molecule has 0 aromatic carbocycles. The molecule has 14 heavy (non-hydrogen) atoms. The number of aldehydes is 1. The lowest BCUT2D eigenvalue weighted by Gasteiger charge is -1.92. The summed E-state index contributed by atoms with van der Waals surface area (Å²) in [5.74, 6) is 0. The Bertz CT molecular complexity index is 199. The van der Waals surface area contributed by atoms with E-state index in [4.69, 9.17) is 0 Å². The van der Waals surface area contributed by atoms with Crippen LogP contribution in [-0.2, 0) is 4.79 Å². The van der Waals surface area contributed by atoms with Crippen LogP contribution in [0.1, 0.15) is 39.0 Å². The summed E-state index contributed by atoms with van der Waals surface area (Å²) in [4.78, 5) is 9.90. The Balaban J connectivity index is 3.30. The van der Waals surface area contributed by atoms with Crippen molar-refractivity contribution >= 4 is 6.29 Å². The highest BCUT2D eigenvalue weighted by molar-refractivity contribution is 5.65. The van der Waals surface area contributed by atoms with Gasteiger partial charge in [-0.3, -0.25) is 4.79 Å². The fourth-order valence-electron chi connectivity index (χ4n) is 1.10. The van der Waals surface area contributed by atoms with Gasteiger partial charge in [-0.05, 0) is 18.9 Å². The molecular weight excluding hydrogens is 172 g/mol. The second kappa shape index (κ2) is 11.9. The van der Waals surface area contributed by atoms with Gasteiger partial charge in [0.1, 0.15) is 6.29 Å². The molecular formula is C13H20O.